The lowest BCUT2D eigenvalue weighted by atomic mass is 9.95. The van der Waals surface area contributed by atoms with Crippen LogP contribution >= 0.6 is 0 Å². The van der Waals surface area contributed by atoms with Gasteiger partial charge in [-0.3, -0.25) is 4.90 Å². The fourth-order valence-electron chi connectivity index (χ4n) is 5.25. The van der Waals surface area contributed by atoms with Crippen molar-refractivity contribution >= 4 is 5.82 Å². The lowest BCUT2D eigenvalue weighted by Crippen LogP contribution is -2.35. The van der Waals surface area contributed by atoms with E-state index < -0.39 is 0 Å². The van der Waals surface area contributed by atoms with Crippen molar-refractivity contribution < 1.29 is 0 Å². The molecular weight excluding hydrogens is 396 g/mol. The topological polar surface area (TPSA) is 50.1 Å². The fourth-order valence-corrected chi connectivity index (χ4v) is 5.25. The first-order chi connectivity index (χ1) is 15.8. The van der Waals surface area contributed by atoms with E-state index in [1.54, 1.807) is 0 Å². The van der Waals surface area contributed by atoms with Gasteiger partial charge in [0.05, 0.1) is 12.6 Å². The number of hydrogen-bond donors (Lipinski definition) is 0. The molecule has 2 aliphatic heterocycles. The summed E-state index contributed by atoms with van der Waals surface area (Å²) in [5.41, 5.74) is 1.32. The first-order valence-electron chi connectivity index (χ1n) is 12.2. The maximum atomic E-state index is 4.80. The van der Waals surface area contributed by atoms with E-state index in [2.05, 4.69) is 68.7 Å². The summed E-state index contributed by atoms with van der Waals surface area (Å²) < 4.78 is 2.45. The van der Waals surface area contributed by atoms with Gasteiger partial charge in [0.1, 0.15) is 17.5 Å². The van der Waals surface area contributed by atoms with Crippen LogP contribution < -0.4 is 4.90 Å². The molecule has 5 rings (SSSR count). The second-order valence-corrected chi connectivity index (χ2v) is 9.22. The van der Waals surface area contributed by atoms with Gasteiger partial charge in [-0.2, -0.15) is 0 Å². The molecule has 6 nitrogen and oxygen atoms in total. The Kier molecular flexibility index (Phi) is 6.49. The number of aromatic nitrogens is 4. The van der Waals surface area contributed by atoms with Crippen LogP contribution in [0.25, 0.3) is 0 Å². The van der Waals surface area contributed by atoms with Crippen LogP contribution in [0.4, 0.5) is 5.82 Å². The molecule has 0 aliphatic carbocycles. The number of hydrogen-bond acceptors (Lipinski definition) is 5. The molecule has 0 N–H and O–H groups in total. The van der Waals surface area contributed by atoms with Gasteiger partial charge >= 0.3 is 0 Å². The Morgan fingerprint density at radius 3 is 2.34 bits per heavy atom. The van der Waals surface area contributed by atoms with E-state index in [1.807, 2.05) is 12.3 Å². The highest BCUT2D eigenvalue weighted by Crippen LogP contribution is 2.32. The molecule has 1 aromatic carbocycles. The van der Waals surface area contributed by atoms with Crippen LogP contribution in [-0.4, -0.2) is 50.8 Å². The van der Waals surface area contributed by atoms with Gasteiger partial charge in [-0.1, -0.05) is 42.8 Å². The van der Waals surface area contributed by atoms with Crippen LogP contribution in [0, 0.1) is 0 Å². The first-order valence-corrected chi connectivity index (χ1v) is 12.2. The zero-order valence-electron chi connectivity index (χ0n) is 19.1. The van der Waals surface area contributed by atoms with Crippen molar-refractivity contribution in [2.75, 3.05) is 31.1 Å². The fraction of sp³-hybridized carbons (Fsp3) is 0.500. The molecule has 1 unspecified atom stereocenters. The van der Waals surface area contributed by atoms with Gasteiger partial charge in [0.2, 0.25) is 0 Å². The molecule has 32 heavy (non-hydrogen) atoms. The lowest BCUT2D eigenvalue weighted by Gasteiger charge is -2.33. The van der Waals surface area contributed by atoms with E-state index in [1.165, 1.54) is 37.9 Å². The second-order valence-electron chi connectivity index (χ2n) is 9.22. The van der Waals surface area contributed by atoms with Gasteiger partial charge in [0, 0.05) is 25.2 Å². The zero-order chi connectivity index (χ0) is 21.8. The molecule has 2 aromatic heterocycles. The van der Waals surface area contributed by atoms with Crippen molar-refractivity contribution in [2.45, 2.75) is 57.5 Å². The molecule has 0 radical (unpaired) electrons. The molecule has 6 heteroatoms. The van der Waals surface area contributed by atoms with E-state index in [4.69, 9.17) is 10.2 Å². The highest BCUT2D eigenvalue weighted by Gasteiger charge is 2.29. The molecule has 4 heterocycles. The Labute approximate surface area is 191 Å². The molecule has 2 fully saturated rings. The van der Waals surface area contributed by atoms with Crippen LogP contribution in [0.15, 0.2) is 54.7 Å². The number of benzene rings is 1. The largest absolute Gasteiger partial charge is 0.357 e. The van der Waals surface area contributed by atoms with E-state index in [0.29, 0.717) is 5.92 Å². The third-order valence-corrected chi connectivity index (χ3v) is 7.11. The minimum Gasteiger partial charge on any atom is -0.357 e. The molecule has 0 saturated carbocycles. The number of likely N-dealkylation sites (tertiary alicyclic amines) is 1. The van der Waals surface area contributed by atoms with Crippen molar-refractivity contribution in [1.82, 2.24) is 24.6 Å². The Bertz CT molecular complexity index is 972. The maximum absolute atomic E-state index is 4.80. The van der Waals surface area contributed by atoms with E-state index >= 15 is 0 Å². The van der Waals surface area contributed by atoms with Crippen LogP contribution in [0.5, 0.6) is 0 Å². The Morgan fingerprint density at radius 1 is 0.875 bits per heavy atom. The van der Waals surface area contributed by atoms with Crippen LogP contribution in [-0.2, 0) is 6.54 Å². The van der Waals surface area contributed by atoms with E-state index in [-0.39, 0.29) is 6.04 Å². The van der Waals surface area contributed by atoms with Crippen molar-refractivity contribution in [2.24, 2.45) is 0 Å². The summed E-state index contributed by atoms with van der Waals surface area (Å²) in [6, 6.07) is 17.2. The molecule has 2 aliphatic rings. The average Bonchev–Trinajstić information content (AvgIpc) is 3.28. The number of rotatable bonds is 6. The number of piperidine rings is 2. The third-order valence-electron chi connectivity index (χ3n) is 7.11. The quantitative estimate of drug-likeness (QED) is 0.570. The molecule has 0 bridgehead atoms. The van der Waals surface area contributed by atoms with Gasteiger partial charge in [-0.25, -0.2) is 4.98 Å². The van der Waals surface area contributed by atoms with Gasteiger partial charge < -0.3 is 9.47 Å². The minimum absolute atomic E-state index is 0.231. The summed E-state index contributed by atoms with van der Waals surface area (Å²) in [6.07, 6.45) is 7.98. The normalized spacial score (nSPS) is 19.2. The number of nitrogens with zero attached hydrogens (tertiary/aromatic N) is 6. The zero-order valence-corrected chi connectivity index (χ0v) is 19.1. The van der Waals surface area contributed by atoms with Crippen molar-refractivity contribution in [1.29, 1.82) is 0 Å². The summed E-state index contributed by atoms with van der Waals surface area (Å²) in [7, 11) is 0. The Balaban J connectivity index is 1.39. The van der Waals surface area contributed by atoms with Gasteiger partial charge in [0.25, 0.3) is 0 Å². The number of anilines is 1. The van der Waals surface area contributed by atoms with E-state index in [9.17, 15) is 0 Å². The molecule has 3 aromatic rings. The van der Waals surface area contributed by atoms with Crippen molar-refractivity contribution in [3.63, 3.8) is 0 Å². The summed E-state index contributed by atoms with van der Waals surface area (Å²) >= 11 is 0. The van der Waals surface area contributed by atoms with E-state index in [0.717, 1.165) is 49.9 Å². The second kappa shape index (κ2) is 9.82. The Hall–Kier alpha value is -2.73. The predicted molar refractivity (Wildman–Crippen MR) is 128 cm³/mol. The Morgan fingerprint density at radius 2 is 1.62 bits per heavy atom. The SMILES string of the molecule is CC(c1ccccc1)n1c(CN2CCCCC2)nnc1C1CCN(c2ccccn2)CC1. The predicted octanol–water partition coefficient (Wildman–Crippen LogP) is 4.65. The minimum atomic E-state index is 0.231. The first kappa shape index (κ1) is 21.1. The smallest absolute Gasteiger partial charge is 0.147 e. The molecule has 0 spiro atoms. The van der Waals surface area contributed by atoms with Gasteiger partial charge in [-0.15, -0.1) is 10.2 Å². The summed E-state index contributed by atoms with van der Waals surface area (Å²) in [5, 5.41) is 9.56. The maximum Gasteiger partial charge on any atom is 0.147 e. The molecular formula is C26H34N6. The molecule has 168 valence electrons. The van der Waals surface area contributed by atoms with Crippen molar-refractivity contribution in [3.8, 4) is 0 Å². The molecule has 1 atom stereocenters. The van der Waals surface area contributed by atoms with Crippen LogP contribution in [0.3, 0.4) is 0 Å². The average molecular weight is 431 g/mol. The monoisotopic (exact) mass is 430 g/mol. The summed E-state index contributed by atoms with van der Waals surface area (Å²) in [5.74, 6) is 3.79. The standard InChI is InChI=1S/C26H34N6/c1-21(22-10-4-2-5-11-22)32-25(20-30-16-8-3-9-17-30)28-29-26(32)23-13-18-31(19-14-23)24-12-6-7-15-27-24/h2,4-7,10-12,15,21,23H,3,8-9,13-14,16-20H2,1H3. The molecule has 2 saturated heterocycles. The highest BCUT2D eigenvalue weighted by atomic mass is 15.3. The summed E-state index contributed by atoms with van der Waals surface area (Å²) in [4.78, 5) is 9.49. The van der Waals surface area contributed by atoms with Gasteiger partial charge in [-0.05, 0) is 63.4 Å². The molecule has 0 amide bonds. The summed E-state index contributed by atoms with van der Waals surface area (Å²) in [6.45, 7) is 7.56. The third kappa shape index (κ3) is 4.56. The lowest BCUT2D eigenvalue weighted by molar-refractivity contribution is 0.212. The van der Waals surface area contributed by atoms with Gasteiger partial charge in [0.15, 0.2) is 0 Å². The van der Waals surface area contributed by atoms with Crippen molar-refractivity contribution in [3.05, 3.63) is 71.9 Å². The number of pyridine rings is 1. The van der Waals surface area contributed by atoms with Crippen LogP contribution in [0.1, 0.15) is 68.2 Å². The van der Waals surface area contributed by atoms with Crippen LogP contribution in [0.2, 0.25) is 0 Å². The highest BCUT2D eigenvalue weighted by molar-refractivity contribution is 5.38.